The van der Waals surface area contributed by atoms with Crippen LogP contribution in [0.1, 0.15) is 46.9 Å². The summed E-state index contributed by atoms with van der Waals surface area (Å²) in [6.45, 7) is 3.76. The quantitative estimate of drug-likeness (QED) is 0.401. The second kappa shape index (κ2) is 10.6. The first-order valence-corrected chi connectivity index (χ1v) is 11.5. The van der Waals surface area contributed by atoms with Crippen molar-refractivity contribution in [1.29, 1.82) is 0 Å². The molecule has 0 radical (unpaired) electrons. The Kier molecular flexibility index (Phi) is 7.36. The van der Waals surface area contributed by atoms with Gasteiger partial charge in [0.15, 0.2) is 0 Å². The molecule has 4 rings (SSSR count). The topological polar surface area (TPSA) is 106 Å². The first-order valence-electron chi connectivity index (χ1n) is 11.5. The molecule has 174 valence electrons. The Morgan fingerprint density at radius 2 is 2.15 bits per heavy atom. The van der Waals surface area contributed by atoms with Gasteiger partial charge in [-0.2, -0.15) is 0 Å². The van der Waals surface area contributed by atoms with E-state index >= 15 is 0 Å². The molecule has 1 amide bonds. The number of carbonyl (C=O) groups excluding carboxylic acids is 1. The van der Waals surface area contributed by atoms with Crippen molar-refractivity contribution in [2.75, 3.05) is 32.1 Å². The predicted octanol–water partition coefficient (Wildman–Crippen LogP) is 3.14. The molecule has 3 aromatic rings. The van der Waals surface area contributed by atoms with Gasteiger partial charge in [-0.15, -0.1) is 0 Å². The van der Waals surface area contributed by atoms with Crippen LogP contribution in [-0.4, -0.2) is 63.7 Å². The monoisotopic (exact) mass is 448 g/mol. The van der Waals surface area contributed by atoms with Gasteiger partial charge in [-0.3, -0.25) is 4.79 Å². The van der Waals surface area contributed by atoms with Gasteiger partial charge in [-0.05, 0) is 57.0 Å². The number of nitrogens with zero attached hydrogens (tertiary/aromatic N) is 3. The minimum atomic E-state index is -0.471. The number of amides is 1. The fraction of sp³-hybridized carbons (Fsp3) is 0.400. The Hall–Kier alpha value is -3.23. The molecule has 2 atom stereocenters. The van der Waals surface area contributed by atoms with E-state index in [2.05, 4.69) is 32.5 Å². The molecule has 4 N–H and O–H groups in total. The normalized spacial score (nSPS) is 17.1. The number of nitrogens with one attached hydrogen (secondary N) is 3. The van der Waals surface area contributed by atoms with Crippen molar-refractivity contribution in [3.63, 3.8) is 0 Å². The first-order chi connectivity index (χ1) is 16.0. The standard InChI is InChI=1S/C25H32N6O2/c1-17-14-28-25(26-11-10-20-9-6-12-31(20)2)30-23(17)19-13-21(27-15-19)24(33)29-22(16-32)18-7-4-3-5-8-18/h3-5,7-8,13-15,20,22,27,32H,6,9-12,16H2,1-2H3,(H,29,33)(H,26,28,30)/t20-,22+/m0/s1. The van der Waals surface area contributed by atoms with Gasteiger partial charge in [-0.25, -0.2) is 9.97 Å². The molecule has 1 aliphatic rings. The Bertz CT molecular complexity index is 1070. The van der Waals surface area contributed by atoms with E-state index in [0.29, 0.717) is 17.7 Å². The second-order valence-electron chi connectivity index (χ2n) is 8.64. The molecule has 1 aromatic carbocycles. The van der Waals surface area contributed by atoms with E-state index in [1.807, 2.05) is 37.3 Å². The van der Waals surface area contributed by atoms with Gasteiger partial charge in [-0.1, -0.05) is 30.3 Å². The Morgan fingerprint density at radius 1 is 1.33 bits per heavy atom. The highest BCUT2D eigenvalue weighted by Crippen LogP contribution is 2.24. The van der Waals surface area contributed by atoms with Crippen LogP contribution in [0.5, 0.6) is 0 Å². The molecule has 3 heterocycles. The minimum Gasteiger partial charge on any atom is -0.394 e. The summed E-state index contributed by atoms with van der Waals surface area (Å²) < 4.78 is 0. The van der Waals surface area contributed by atoms with Gasteiger partial charge in [0.25, 0.3) is 5.91 Å². The van der Waals surface area contributed by atoms with E-state index in [-0.39, 0.29) is 12.5 Å². The number of aliphatic hydroxyl groups is 1. The summed E-state index contributed by atoms with van der Waals surface area (Å²) in [5, 5.41) is 16.0. The number of benzene rings is 1. The molecule has 0 saturated carbocycles. The molecule has 1 saturated heterocycles. The van der Waals surface area contributed by atoms with Crippen LogP contribution in [0.25, 0.3) is 11.3 Å². The Balaban J connectivity index is 1.41. The lowest BCUT2D eigenvalue weighted by atomic mass is 10.1. The lowest BCUT2D eigenvalue weighted by Crippen LogP contribution is -2.30. The molecule has 2 aromatic heterocycles. The number of hydrogen-bond acceptors (Lipinski definition) is 6. The number of carbonyl (C=O) groups is 1. The highest BCUT2D eigenvalue weighted by atomic mass is 16.3. The highest BCUT2D eigenvalue weighted by molar-refractivity contribution is 5.94. The van der Waals surface area contributed by atoms with Gasteiger partial charge in [0.2, 0.25) is 5.95 Å². The van der Waals surface area contributed by atoms with E-state index in [1.165, 1.54) is 19.4 Å². The summed E-state index contributed by atoms with van der Waals surface area (Å²) >= 11 is 0. The summed E-state index contributed by atoms with van der Waals surface area (Å²) in [6, 6.07) is 11.3. The van der Waals surface area contributed by atoms with E-state index in [1.54, 1.807) is 18.5 Å². The number of rotatable bonds is 9. The van der Waals surface area contributed by atoms with Gasteiger partial charge in [0.05, 0.1) is 18.3 Å². The number of aryl methyl sites for hydroxylation is 1. The zero-order chi connectivity index (χ0) is 23.2. The van der Waals surface area contributed by atoms with Crippen molar-refractivity contribution < 1.29 is 9.90 Å². The third kappa shape index (κ3) is 5.58. The van der Waals surface area contributed by atoms with Crippen LogP contribution >= 0.6 is 0 Å². The number of aromatic nitrogens is 3. The number of aliphatic hydroxyl groups excluding tert-OH is 1. The fourth-order valence-electron chi connectivity index (χ4n) is 4.33. The average molecular weight is 449 g/mol. The maximum absolute atomic E-state index is 12.8. The third-order valence-corrected chi connectivity index (χ3v) is 6.29. The van der Waals surface area contributed by atoms with E-state index < -0.39 is 6.04 Å². The zero-order valence-corrected chi connectivity index (χ0v) is 19.2. The number of H-pyrrole nitrogens is 1. The van der Waals surface area contributed by atoms with E-state index in [4.69, 9.17) is 4.98 Å². The molecule has 8 heteroatoms. The largest absolute Gasteiger partial charge is 0.394 e. The van der Waals surface area contributed by atoms with Crippen LogP contribution in [0.3, 0.4) is 0 Å². The molecule has 8 nitrogen and oxygen atoms in total. The van der Waals surface area contributed by atoms with Crippen molar-refractivity contribution in [1.82, 2.24) is 25.2 Å². The Labute approximate surface area is 194 Å². The van der Waals surface area contributed by atoms with Crippen molar-refractivity contribution in [3.05, 3.63) is 65.6 Å². The minimum absolute atomic E-state index is 0.181. The summed E-state index contributed by atoms with van der Waals surface area (Å²) in [4.78, 5) is 27.3. The number of anilines is 1. The Morgan fingerprint density at radius 3 is 2.88 bits per heavy atom. The average Bonchev–Trinajstić information content (AvgIpc) is 3.48. The lowest BCUT2D eigenvalue weighted by Gasteiger charge is -2.19. The molecule has 33 heavy (non-hydrogen) atoms. The fourth-order valence-corrected chi connectivity index (χ4v) is 4.33. The smallest absolute Gasteiger partial charge is 0.268 e. The van der Waals surface area contributed by atoms with Crippen LogP contribution in [0.4, 0.5) is 5.95 Å². The van der Waals surface area contributed by atoms with Gasteiger partial charge in [0.1, 0.15) is 5.69 Å². The van der Waals surface area contributed by atoms with Crippen molar-refractivity contribution >= 4 is 11.9 Å². The predicted molar refractivity (Wildman–Crippen MR) is 129 cm³/mol. The number of hydrogen-bond donors (Lipinski definition) is 4. The molecule has 0 aliphatic carbocycles. The molecular formula is C25H32N6O2. The van der Waals surface area contributed by atoms with Crippen LogP contribution in [0.2, 0.25) is 0 Å². The van der Waals surface area contributed by atoms with E-state index in [0.717, 1.165) is 35.3 Å². The number of aromatic amines is 1. The summed E-state index contributed by atoms with van der Waals surface area (Å²) in [5.74, 6) is 0.308. The molecular weight excluding hydrogens is 416 g/mol. The first kappa shape index (κ1) is 22.9. The van der Waals surface area contributed by atoms with Crippen LogP contribution in [-0.2, 0) is 0 Å². The van der Waals surface area contributed by atoms with Gasteiger partial charge < -0.3 is 25.6 Å². The van der Waals surface area contributed by atoms with Crippen LogP contribution in [0.15, 0.2) is 48.8 Å². The maximum atomic E-state index is 12.8. The van der Waals surface area contributed by atoms with Crippen molar-refractivity contribution in [2.45, 2.75) is 38.3 Å². The van der Waals surface area contributed by atoms with Crippen molar-refractivity contribution in [2.24, 2.45) is 0 Å². The summed E-state index contributed by atoms with van der Waals surface area (Å²) in [5.41, 5.74) is 3.79. The van der Waals surface area contributed by atoms with Gasteiger partial charge >= 0.3 is 0 Å². The zero-order valence-electron chi connectivity index (χ0n) is 19.2. The number of likely N-dealkylation sites (tertiary alicyclic amines) is 1. The van der Waals surface area contributed by atoms with E-state index in [9.17, 15) is 9.90 Å². The van der Waals surface area contributed by atoms with Crippen LogP contribution < -0.4 is 10.6 Å². The lowest BCUT2D eigenvalue weighted by molar-refractivity contribution is 0.0912. The molecule has 0 spiro atoms. The van der Waals surface area contributed by atoms with Gasteiger partial charge in [0, 0.05) is 30.5 Å². The molecule has 0 unspecified atom stereocenters. The van der Waals surface area contributed by atoms with Crippen molar-refractivity contribution in [3.8, 4) is 11.3 Å². The van der Waals surface area contributed by atoms with Crippen LogP contribution in [0, 0.1) is 6.92 Å². The molecule has 1 fully saturated rings. The summed E-state index contributed by atoms with van der Waals surface area (Å²) in [6.07, 6.45) is 7.15. The highest BCUT2D eigenvalue weighted by Gasteiger charge is 2.20. The third-order valence-electron chi connectivity index (χ3n) is 6.29. The second-order valence-corrected chi connectivity index (χ2v) is 8.64. The maximum Gasteiger partial charge on any atom is 0.268 e. The SMILES string of the molecule is Cc1cnc(NCC[C@@H]2CCCN2C)nc1-c1c[nH]c(C(=O)N[C@H](CO)c2ccccc2)c1. The molecule has 0 bridgehead atoms. The summed E-state index contributed by atoms with van der Waals surface area (Å²) in [7, 11) is 2.18. The molecule has 1 aliphatic heterocycles.